The van der Waals surface area contributed by atoms with E-state index in [0.29, 0.717) is 18.8 Å². The third-order valence-electron chi connectivity index (χ3n) is 4.75. The summed E-state index contributed by atoms with van der Waals surface area (Å²) in [6.45, 7) is 0.938. The van der Waals surface area contributed by atoms with Gasteiger partial charge in [-0.1, -0.05) is 12.1 Å². The predicted octanol–water partition coefficient (Wildman–Crippen LogP) is 2.44. The zero-order chi connectivity index (χ0) is 19.0. The molecule has 6 nitrogen and oxygen atoms in total. The van der Waals surface area contributed by atoms with Crippen molar-refractivity contribution >= 4 is 37.3 Å². The summed E-state index contributed by atoms with van der Waals surface area (Å²) in [5, 5.41) is 9.23. The van der Waals surface area contributed by atoms with Crippen molar-refractivity contribution in [3.63, 3.8) is 0 Å². The van der Waals surface area contributed by atoms with E-state index in [2.05, 4.69) is 4.98 Å². The monoisotopic (exact) mass is 407 g/mol. The van der Waals surface area contributed by atoms with Crippen LogP contribution in [0.15, 0.2) is 46.8 Å². The normalized spacial score (nSPS) is 16.1. The average Bonchev–Trinajstić information content (AvgIpc) is 3.16. The van der Waals surface area contributed by atoms with Crippen molar-refractivity contribution in [3.8, 4) is 0 Å². The van der Waals surface area contributed by atoms with Gasteiger partial charge in [0.05, 0.1) is 32.9 Å². The van der Waals surface area contributed by atoms with E-state index in [9.17, 15) is 17.9 Å². The van der Waals surface area contributed by atoms with Gasteiger partial charge < -0.3 is 10.0 Å². The molecule has 1 saturated heterocycles. The number of piperazine rings is 1. The van der Waals surface area contributed by atoms with Crippen LogP contribution in [0.5, 0.6) is 0 Å². The minimum Gasteiger partial charge on any atom is -0.392 e. The van der Waals surface area contributed by atoms with E-state index >= 15 is 0 Å². The number of aliphatic hydroxyl groups excluding tert-OH is 1. The van der Waals surface area contributed by atoms with E-state index in [1.807, 2.05) is 4.90 Å². The highest BCUT2D eigenvalue weighted by Gasteiger charge is 2.29. The molecule has 0 amide bonds. The van der Waals surface area contributed by atoms with Crippen LogP contribution in [-0.4, -0.2) is 49.0 Å². The molecule has 2 aromatic carbocycles. The maximum Gasteiger partial charge on any atom is 0.243 e. The average molecular weight is 407 g/mol. The van der Waals surface area contributed by atoms with Crippen LogP contribution >= 0.6 is 11.3 Å². The fraction of sp³-hybridized carbons (Fsp3) is 0.278. The molecule has 0 unspecified atom stereocenters. The van der Waals surface area contributed by atoms with Gasteiger partial charge in [0.2, 0.25) is 10.0 Å². The Hall–Kier alpha value is -2.07. The van der Waals surface area contributed by atoms with Crippen LogP contribution in [0, 0.1) is 5.82 Å². The molecule has 142 valence electrons. The first-order valence-electron chi connectivity index (χ1n) is 8.47. The number of halogens is 1. The smallest absolute Gasteiger partial charge is 0.243 e. The summed E-state index contributed by atoms with van der Waals surface area (Å²) in [4.78, 5) is 6.23. The van der Waals surface area contributed by atoms with Gasteiger partial charge in [0.1, 0.15) is 0 Å². The summed E-state index contributed by atoms with van der Waals surface area (Å²) in [5.41, 5.74) is 3.10. The van der Waals surface area contributed by atoms with E-state index < -0.39 is 15.8 Å². The zero-order valence-corrected chi connectivity index (χ0v) is 16.0. The molecule has 0 aliphatic carbocycles. The Balaban J connectivity index is 1.53. The van der Waals surface area contributed by atoms with E-state index in [1.165, 1.54) is 21.7 Å². The minimum atomic E-state index is -3.61. The number of thiazole rings is 1. The van der Waals surface area contributed by atoms with Crippen LogP contribution in [0.3, 0.4) is 0 Å². The van der Waals surface area contributed by atoms with E-state index in [-0.39, 0.29) is 30.2 Å². The van der Waals surface area contributed by atoms with Crippen LogP contribution in [0.2, 0.25) is 0 Å². The second-order valence-electron chi connectivity index (χ2n) is 6.28. The molecule has 1 aromatic heterocycles. The molecule has 4 rings (SSSR count). The topological polar surface area (TPSA) is 73.7 Å². The maximum absolute atomic E-state index is 14.4. The lowest BCUT2D eigenvalue weighted by molar-refractivity contribution is 0.275. The van der Waals surface area contributed by atoms with Gasteiger partial charge >= 0.3 is 0 Å². The standard InChI is InChI=1S/C18H18FN3O3S2/c19-18-13(11-23)2-1-3-16(18)21-6-8-22(9-7-21)27(24,25)14-4-5-15-17(10-14)26-12-20-15/h1-5,10,12,23H,6-9,11H2. The molecule has 0 spiro atoms. The van der Waals surface area contributed by atoms with Gasteiger partial charge in [-0.2, -0.15) is 4.31 Å². The van der Waals surface area contributed by atoms with Crippen LogP contribution in [0.4, 0.5) is 10.1 Å². The van der Waals surface area contributed by atoms with Crippen LogP contribution in [0.1, 0.15) is 5.56 Å². The van der Waals surface area contributed by atoms with Crippen molar-refractivity contribution in [1.82, 2.24) is 9.29 Å². The molecule has 0 bridgehead atoms. The number of aliphatic hydroxyl groups is 1. The third kappa shape index (κ3) is 3.31. The van der Waals surface area contributed by atoms with Gasteiger partial charge in [-0.15, -0.1) is 11.3 Å². The Bertz CT molecular complexity index is 1080. The second kappa shape index (κ2) is 7.16. The lowest BCUT2D eigenvalue weighted by Crippen LogP contribution is -2.49. The summed E-state index contributed by atoms with van der Waals surface area (Å²) in [5.74, 6) is -0.452. The zero-order valence-electron chi connectivity index (χ0n) is 14.4. The van der Waals surface area contributed by atoms with Crippen molar-refractivity contribution in [2.75, 3.05) is 31.1 Å². The highest BCUT2D eigenvalue weighted by molar-refractivity contribution is 7.89. The Morgan fingerprint density at radius 2 is 1.93 bits per heavy atom. The molecule has 0 saturated carbocycles. The molecule has 0 radical (unpaired) electrons. The fourth-order valence-corrected chi connectivity index (χ4v) is 5.49. The van der Waals surface area contributed by atoms with E-state index in [0.717, 1.165) is 10.2 Å². The Morgan fingerprint density at radius 1 is 1.15 bits per heavy atom. The summed E-state index contributed by atoms with van der Waals surface area (Å²) in [6.07, 6.45) is 0. The molecule has 3 aromatic rings. The quantitative estimate of drug-likeness (QED) is 0.719. The SMILES string of the molecule is O=S(=O)(c1ccc2ncsc2c1)N1CCN(c2cccc(CO)c2F)CC1. The molecule has 1 fully saturated rings. The van der Waals surface area contributed by atoms with Gasteiger partial charge in [-0.25, -0.2) is 17.8 Å². The first kappa shape index (κ1) is 18.3. The Morgan fingerprint density at radius 3 is 2.67 bits per heavy atom. The highest BCUT2D eigenvalue weighted by Crippen LogP contribution is 2.27. The van der Waals surface area contributed by atoms with Gasteiger partial charge in [0.25, 0.3) is 0 Å². The summed E-state index contributed by atoms with van der Waals surface area (Å²) in [6, 6.07) is 9.82. The molecule has 1 aliphatic rings. The van der Waals surface area contributed by atoms with Gasteiger partial charge in [-0.05, 0) is 24.3 Å². The largest absolute Gasteiger partial charge is 0.392 e. The molecule has 9 heteroatoms. The number of rotatable bonds is 4. The number of benzene rings is 2. The lowest BCUT2D eigenvalue weighted by atomic mass is 10.1. The second-order valence-corrected chi connectivity index (χ2v) is 9.11. The first-order chi connectivity index (χ1) is 13.0. The Labute approximate surface area is 160 Å². The summed E-state index contributed by atoms with van der Waals surface area (Å²) < 4.78 is 42.6. The number of hydrogen-bond donors (Lipinski definition) is 1. The molecule has 2 heterocycles. The predicted molar refractivity (Wildman–Crippen MR) is 103 cm³/mol. The molecular weight excluding hydrogens is 389 g/mol. The minimum absolute atomic E-state index is 0.236. The van der Waals surface area contributed by atoms with Crippen molar-refractivity contribution in [1.29, 1.82) is 0 Å². The van der Waals surface area contributed by atoms with Crippen LogP contribution in [-0.2, 0) is 16.6 Å². The molecular formula is C18H18FN3O3S2. The number of aromatic nitrogens is 1. The van der Waals surface area contributed by atoms with Crippen molar-refractivity contribution < 1.29 is 17.9 Å². The fourth-order valence-electron chi connectivity index (χ4n) is 3.25. The van der Waals surface area contributed by atoms with Crippen molar-refractivity contribution in [3.05, 3.63) is 53.3 Å². The van der Waals surface area contributed by atoms with Gasteiger partial charge in [0, 0.05) is 31.7 Å². The molecule has 0 atom stereocenters. The van der Waals surface area contributed by atoms with Crippen LogP contribution in [0.25, 0.3) is 10.2 Å². The highest BCUT2D eigenvalue weighted by atomic mass is 32.2. The van der Waals surface area contributed by atoms with Crippen molar-refractivity contribution in [2.45, 2.75) is 11.5 Å². The lowest BCUT2D eigenvalue weighted by Gasteiger charge is -2.35. The summed E-state index contributed by atoms with van der Waals surface area (Å²) in [7, 11) is -3.61. The summed E-state index contributed by atoms with van der Waals surface area (Å²) >= 11 is 1.40. The van der Waals surface area contributed by atoms with E-state index in [4.69, 9.17) is 0 Å². The van der Waals surface area contributed by atoms with Gasteiger partial charge in [-0.3, -0.25) is 0 Å². The number of nitrogens with zero attached hydrogens (tertiary/aromatic N) is 3. The molecule has 1 aliphatic heterocycles. The van der Waals surface area contributed by atoms with Crippen molar-refractivity contribution in [2.24, 2.45) is 0 Å². The van der Waals surface area contributed by atoms with Crippen LogP contribution < -0.4 is 4.90 Å². The first-order valence-corrected chi connectivity index (χ1v) is 10.8. The Kier molecular flexibility index (Phi) is 4.85. The molecule has 1 N–H and O–H groups in total. The third-order valence-corrected chi connectivity index (χ3v) is 7.43. The number of anilines is 1. The maximum atomic E-state index is 14.4. The van der Waals surface area contributed by atoms with E-state index in [1.54, 1.807) is 35.8 Å². The number of fused-ring (bicyclic) bond motifs is 1. The molecule has 27 heavy (non-hydrogen) atoms. The number of sulfonamides is 1. The van der Waals surface area contributed by atoms with Gasteiger partial charge in [0.15, 0.2) is 5.82 Å². The number of hydrogen-bond acceptors (Lipinski definition) is 6.